The lowest BCUT2D eigenvalue weighted by molar-refractivity contribution is -0.174. The molecule has 0 radical (unpaired) electrons. The van der Waals surface area contributed by atoms with Crippen LogP contribution in [0.4, 0.5) is 4.79 Å². The Labute approximate surface area is 199 Å². The third kappa shape index (κ3) is 3.83. The van der Waals surface area contributed by atoms with E-state index in [0.717, 1.165) is 11.1 Å². The molecule has 1 saturated carbocycles. The quantitative estimate of drug-likeness (QED) is 0.700. The lowest BCUT2D eigenvalue weighted by Crippen LogP contribution is -2.67. The number of amides is 2. The van der Waals surface area contributed by atoms with Crippen LogP contribution in [0.1, 0.15) is 50.2 Å². The number of carboxylic acids is 1. The van der Waals surface area contributed by atoms with E-state index in [4.69, 9.17) is 4.74 Å². The fourth-order valence-electron chi connectivity index (χ4n) is 5.98. The first kappa shape index (κ1) is 22.4. The van der Waals surface area contributed by atoms with Crippen molar-refractivity contribution in [1.29, 1.82) is 0 Å². The molecule has 2 aliphatic carbocycles. The highest BCUT2D eigenvalue weighted by Gasteiger charge is 2.54. The van der Waals surface area contributed by atoms with Crippen molar-refractivity contribution >= 4 is 18.0 Å². The Hall–Kier alpha value is -3.35. The van der Waals surface area contributed by atoms with Gasteiger partial charge in [0.2, 0.25) is 5.91 Å². The third-order valence-electron chi connectivity index (χ3n) is 7.59. The standard InChI is InChI=1S/C27H30N2O5/c1-27(2)15-29(23(27)25(31)32)24(30)16-11-12-17(13-16)28-26(33)34-14-22-20-9-5-3-7-18(20)19-8-4-6-10-21(19)22/h3-10,16-17,22-23H,11-15H2,1-2H3,(H,28,33)(H,31,32)/t16-,17+,23?/m1/s1. The molecule has 3 atom stereocenters. The first-order valence-electron chi connectivity index (χ1n) is 11.9. The highest BCUT2D eigenvalue weighted by atomic mass is 16.5. The number of nitrogens with zero attached hydrogens (tertiary/aromatic N) is 1. The summed E-state index contributed by atoms with van der Waals surface area (Å²) in [4.78, 5) is 38.6. The molecular weight excluding hydrogens is 432 g/mol. The molecule has 1 unspecified atom stereocenters. The average Bonchev–Trinajstić information content (AvgIpc) is 3.38. The molecule has 1 heterocycles. The van der Waals surface area contributed by atoms with Crippen LogP contribution in [0, 0.1) is 11.3 Å². The van der Waals surface area contributed by atoms with Gasteiger partial charge in [-0.2, -0.15) is 0 Å². The van der Waals surface area contributed by atoms with Crippen LogP contribution in [0.25, 0.3) is 11.1 Å². The lowest BCUT2D eigenvalue weighted by atomic mass is 9.74. The Bertz CT molecular complexity index is 1100. The van der Waals surface area contributed by atoms with Crippen molar-refractivity contribution in [3.05, 3.63) is 59.7 Å². The van der Waals surface area contributed by atoms with Gasteiger partial charge < -0.3 is 20.1 Å². The summed E-state index contributed by atoms with van der Waals surface area (Å²) in [6.07, 6.45) is 1.34. The number of nitrogens with one attached hydrogen (secondary N) is 1. The van der Waals surface area contributed by atoms with Crippen LogP contribution in [0.2, 0.25) is 0 Å². The van der Waals surface area contributed by atoms with Gasteiger partial charge in [-0.1, -0.05) is 62.4 Å². The van der Waals surface area contributed by atoms with Gasteiger partial charge in [-0.05, 0) is 41.5 Å². The van der Waals surface area contributed by atoms with E-state index in [1.165, 1.54) is 16.0 Å². The maximum Gasteiger partial charge on any atom is 0.407 e. The van der Waals surface area contributed by atoms with Crippen molar-refractivity contribution in [3.8, 4) is 11.1 Å². The number of alkyl carbamates (subject to hydrolysis) is 1. The summed E-state index contributed by atoms with van der Waals surface area (Å²) < 4.78 is 5.63. The summed E-state index contributed by atoms with van der Waals surface area (Å²) in [5.74, 6) is -1.35. The van der Waals surface area contributed by atoms with Crippen molar-refractivity contribution in [2.24, 2.45) is 11.3 Å². The SMILES string of the molecule is CC1(C)CN(C(=O)[C@@H]2CC[C@H](NC(=O)OCC3c4ccccc4-c4ccccc43)C2)C1C(=O)O. The second-order valence-corrected chi connectivity index (χ2v) is 10.4. The molecule has 0 spiro atoms. The number of hydrogen-bond acceptors (Lipinski definition) is 4. The zero-order valence-electron chi connectivity index (χ0n) is 19.5. The molecular formula is C27H30N2O5. The molecule has 2 amide bonds. The zero-order chi connectivity index (χ0) is 24.0. The minimum atomic E-state index is -0.962. The molecule has 7 heteroatoms. The molecule has 34 heavy (non-hydrogen) atoms. The van der Waals surface area contributed by atoms with Crippen LogP contribution >= 0.6 is 0 Å². The molecule has 2 N–H and O–H groups in total. The maximum atomic E-state index is 12.9. The second kappa shape index (κ2) is 8.46. The number of fused-ring (bicyclic) bond motifs is 3. The zero-order valence-corrected chi connectivity index (χ0v) is 19.5. The Morgan fingerprint density at radius 3 is 2.24 bits per heavy atom. The van der Waals surface area contributed by atoms with Crippen LogP contribution in [0.5, 0.6) is 0 Å². The minimum absolute atomic E-state index is 0.00113. The van der Waals surface area contributed by atoms with E-state index in [0.29, 0.717) is 25.8 Å². The van der Waals surface area contributed by atoms with Crippen molar-refractivity contribution in [2.45, 2.75) is 51.1 Å². The van der Waals surface area contributed by atoms with Gasteiger partial charge in [-0.25, -0.2) is 9.59 Å². The monoisotopic (exact) mass is 462 g/mol. The summed E-state index contributed by atoms with van der Waals surface area (Å²) in [6, 6.07) is 15.5. The molecule has 2 aromatic carbocycles. The van der Waals surface area contributed by atoms with Gasteiger partial charge in [-0.15, -0.1) is 0 Å². The van der Waals surface area contributed by atoms with Gasteiger partial charge in [0.05, 0.1) is 0 Å². The van der Waals surface area contributed by atoms with Gasteiger partial charge >= 0.3 is 12.1 Å². The largest absolute Gasteiger partial charge is 0.480 e. The molecule has 7 nitrogen and oxygen atoms in total. The summed E-state index contributed by atoms with van der Waals surface area (Å²) >= 11 is 0. The average molecular weight is 463 g/mol. The Balaban J connectivity index is 1.16. The van der Waals surface area contributed by atoms with E-state index >= 15 is 0 Å². The smallest absolute Gasteiger partial charge is 0.407 e. The van der Waals surface area contributed by atoms with Gasteiger partial charge in [0.15, 0.2) is 0 Å². The molecule has 5 rings (SSSR count). The van der Waals surface area contributed by atoms with Gasteiger partial charge in [0.25, 0.3) is 0 Å². The molecule has 1 saturated heterocycles. The molecule has 1 aliphatic heterocycles. The van der Waals surface area contributed by atoms with E-state index in [-0.39, 0.29) is 30.4 Å². The number of carbonyl (C=O) groups is 3. The summed E-state index contributed by atoms with van der Waals surface area (Å²) in [7, 11) is 0. The van der Waals surface area contributed by atoms with Gasteiger partial charge in [0.1, 0.15) is 12.6 Å². The predicted octanol–water partition coefficient (Wildman–Crippen LogP) is 4.02. The van der Waals surface area contributed by atoms with E-state index in [9.17, 15) is 19.5 Å². The second-order valence-electron chi connectivity index (χ2n) is 10.4. The number of aliphatic carboxylic acids is 1. The van der Waals surface area contributed by atoms with Gasteiger partial charge in [0, 0.05) is 29.8 Å². The minimum Gasteiger partial charge on any atom is -0.480 e. The van der Waals surface area contributed by atoms with Crippen molar-refractivity contribution in [2.75, 3.05) is 13.2 Å². The summed E-state index contributed by atoms with van der Waals surface area (Å²) in [5, 5.41) is 12.4. The number of carbonyl (C=O) groups excluding carboxylic acids is 2. The van der Waals surface area contributed by atoms with Gasteiger partial charge in [-0.3, -0.25) is 4.79 Å². The lowest BCUT2D eigenvalue weighted by Gasteiger charge is -2.52. The van der Waals surface area contributed by atoms with Crippen LogP contribution in [0.3, 0.4) is 0 Å². The van der Waals surface area contributed by atoms with E-state index in [2.05, 4.69) is 29.6 Å². The first-order valence-corrected chi connectivity index (χ1v) is 11.9. The number of ether oxygens (including phenoxy) is 1. The van der Waals surface area contributed by atoms with E-state index < -0.39 is 23.5 Å². The van der Waals surface area contributed by atoms with Crippen LogP contribution in [0.15, 0.2) is 48.5 Å². The summed E-state index contributed by atoms with van der Waals surface area (Å²) in [6.45, 7) is 4.43. The molecule has 178 valence electrons. The van der Waals surface area contributed by atoms with Crippen LogP contribution in [-0.4, -0.2) is 53.2 Å². The molecule has 2 aromatic rings. The number of likely N-dealkylation sites (tertiary alicyclic amines) is 1. The van der Waals surface area contributed by atoms with Crippen molar-refractivity contribution in [1.82, 2.24) is 10.2 Å². The molecule has 3 aliphatic rings. The predicted molar refractivity (Wildman–Crippen MR) is 126 cm³/mol. The summed E-state index contributed by atoms with van der Waals surface area (Å²) in [5.41, 5.74) is 4.26. The highest BCUT2D eigenvalue weighted by molar-refractivity contribution is 5.88. The molecule has 2 fully saturated rings. The number of hydrogen-bond donors (Lipinski definition) is 2. The Morgan fingerprint density at radius 1 is 1.03 bits per heavy atom. The first-order chi connectivity index (χ1) is 16.3. The van der Waals surface area contributed by atoms with Crippen LogP contribution < -0.4 is 5.32 Å². The third-order valence-corrected chi connectivity index (χ3v) is 7.59. The fourth-order valence-corrected chi connectivity index (χ4v) is 5.98. The maximum absolute atomic E-state index is 12.9. The van der Waals surface area contributed by atoms with E-state index in [1.807, 2.05) is 38.1 Å². The van der Waals surface area contributed by atoms with Crippen LogP contribution in [-0.2, 0) is 14.3 Å². The normalized spacial score (nSPS) is 24.6. The van der Waals surface area contributed by atoms with Crippen molar-refractivity contribution < 1.29 is 24.2 Å². The number of carboxylic acid groups (broad SMARTS) is 1. The molecule has 0 bridgehead atoms. The van der Waals surface area contributed by atoms with E-state index in [1.54, 1.807) is 0 Å². The number of rotatable bonds is 5. The van der Waals surface area contributed by atoms with Crippen molar-refractivity contribution in [3.63, 3.8) is 0 Å². The highest BCUT2D eigenvalue weighted by Crippen LogP contribution is 2.44. The molecule has 0 aromatic heterocycles. The fraction of sp³-hybridized carbons (Fsp3) is 0.444. The Morgan fingerprint density at radius 2 is 1.65 bits per heavy atom. The number of benzene rings is 2. The Kier molecular flexibility index (Phi) is 5.58. The topological polar surface area (TPSA) is 95.9 Å².